The summed E-state index contributed by atoms with van der Waals surface area (Å²) in [5.41, 5.74) is 2.93. The zero-order chi connectivity index (χ0) is 16.4. The number of esters is 1. The van der Waals surface area contributed by atoms with Crippen LogP contribution in [0, 0.1) is 38.0 Å². The number of aryl methyl sites for hydroxylation is 2. The Morgan fingerprint density at radius 1 is 1.09 bits per heavy atom. The fourth-order valence-corrected chi connectivity index (χ4v) is 6.37. The smallest absolute Gasteiger partial charge is 0.317 e. The first kappa shape index (κ1) is 15.5. The van der Waals surface area contributed by atoms with Crippen molar-refractivity contribution in [2.75, 3.05) is 0 Å². The van der Waals surface area contributed by atoms with Crippen molar-refractivity contribution >= 4 is 17.6 Å². The number of carbonyl (C=O) groups is 1. The Bertz CT molecular complexity index is 664. The van der Waals surface area contributed by atoms with E-state index in [1.54, 1.807) is 0 Å². The van der Waals surface area contributed by atoms with Gasteiger partial charge in [-0.05, 0) is 87.8 Å². The average molecular weight is 333 g/mol. The van der Waals surface area contributed by atoms with Crippen LogP contribution in [0.4, 0.5) is 0 Å². The number of benzene rings is 1. The van der Waals surface area contributed by atoms with E-state index in [0.29, 0.717) is 11.8 Å². The maximum absolute atomic E-state index is 13.1. The number of hydrogen-bond acceptors (Lipinski definition) is 2. The maximum Gasteiger partial charge on any atom is 0.317 e. The van der Waals surface area contributed by atoms with Crippen LogP contribution in [0.25, 0.3) is 0 Å². The van der Waals surface area contributed by atoms with Crippen LogP contribution in [0.5, 0.6) is 5.75 Å². The minimum Gasteiger partial charge on any atom is -0.426 e. The first-order valence-corrected chi connectivity index (χ1v) is 9.16. The van der Waals surface area contributed by atoms with Gasteiger partial charge in [-0.2, -0.15) is 0 Å². The maximum atomic E-state index is 13.1. The van der Waals surface area contributed by atoms with Gasteiger partial charge in [0.05, 0.1) is 5.41 Å². The van der Waals surface area contributed by atoms with Crippen molar-refractivity contribution in [2.45, 2.75) is 64.2 Å². The van der Waals surface area contributed by atoms with Gasteiger partial charge in [0.1, 0.15) is 5.75 Å². The molecule has 0 saturated heterocycles. The first-order valence-electron chi connectivity index (χ1n) is 8.78. The van der Waals surface area contributed by atoms with Gasteiger partial charge in [0, 0.05) is 4.87 Å². The Labute approximate surface area is 143 Å². The molecular formula is C20H25ClO2. The molecule has 0 N–H and O–H groups in total. The highest BCUT2D eigenvalue weighted by Gasteiger charge is 2.61. The van der Waals surface area contributed by atoms with Crippen LogP contribution in [0.2, 0.25) is 0 Å². The molecule has 4 bridgehead atoms. The van der Waals surface area contributed by atoms with Crippen molar-refractivity contribution in [3.8, 4) is 5.75 Å². The third-order valence-electron chi connectivity index (χ3n) is 6.49. The minimum absolute atomic E-state index is 0.0339. The lowest BCUT2D eigenvalue weighted by atomic mass is 9.49. The molecule has 4 fully saturated rings. The van der Waals surface area contributed by atoms with Crippen LogP contribution in [0.15, 0.2) is 12.1 Å². The first-order chi connectivity index (χ1) is 10.8. The molecule has 2 unspecified atom stereocenters. The third kappa shape index (κ3) is 2.41. The van der Waals surface area contributed by atoms with E-state index in [1.807, 2.05) is 19.9 Å². The number of hydrogen-bond donors (Lipinski definition) is 0. The monoisotopic (exact) mass is 332 g/mol. The van der Waals surface area contributed by atoms with Crippen molar-refractivity contribution in [1.82, 2.24) is 0 Å². The summed E-state index contributed by atoms with van der Waals surface area (Å²) >= 11 is 6.85. The van der Waals surface area contributed by atoms with Crippen LogP contribution in [0.3, 0.4) is 0 Å². The normalized spacial score (nSPS) is 37.9. The van der Waals surface area contributed by atoms with E-state index >= 15 is 0 Å². The molecule has 3 heteroatoms. The quantitative estimate of drug-likeness (QED) is 0.428. The fourth-order valence-electron chi connectivity index (χ4n) is 5.67. The lowest BCUT2D eigenvalue weighted by Crippen LogP contribution is -2.57. The van der Waals surface area contributed by atoms with Gasteiger partial charge in [-0.3, -0.25) is 4.79 Å². The molecule has 0 radical (unpaired) electrons. The molecule has 4 aliphatic carbocycles. The van der Waals surface area contributed by atoms with Crippen LogP contribution >= 0.6 is 11.6 Å². The van der Waals surface area contributed by atoms with Crippen molar-refractivity contribution in [3.05, 3.63) is 28.8 Å². The average Bonchev–Trinajstić information content (AvgIpc) is 2.45. The molecule has 1 aromatic carbocycles. The van der Waals surface area contributed by atoms with Gasteiger partial charge in [0.2, 0.25) is 0 Å². The number of alkyl halides is 1. The summed E-state index contributed by atoms with van der Waals surface area (Å²) in [5.74, 6) is 1.95. The molecule has 0 spiro atoms. The van der Waals surface area contributed by atoms with Crippen molar-refractivity contribution < 1.29 is 9.53 Å². The Morgan fingerprint density at radius 3 is 2.30 bits per heavy atom. The zero-order valence-electron chi connectivity index (χ0n) is 14.2. The molecule has 4 saturated carbocycles. The highest BCUT2D eigenvalue weighted by molar-refractivity contribution is 6.24. The molecule has 0 amide bonds. The van der Waals surface area contributed by atoms with Gasteiger partial charge in [-0.15, -0.1) is 11.6 Å². The van der Waals surface area contributed by atoms with Crippen molar-refractivity contribution in [3.63, 3.8) is 0 Å². The summed E-state index contributed by atoms with van der Waals surface area (Å²) in [4.78, 5) is 13.0. The molecule has 4 atom stereocenters. The van der Waals surface area contributed by atoms with Gasteiger partial charge in [-0.1, -0.05) is 12.1 Å². The van der Waals surface area contributed by atoms with Crippen LogP contribution in [0.1, 0.15) is 55.2 Å². The second-order valence-corrected chi connectivity index (χ2v) is 9.24. The second kappa shape index (κ2) is 4.99. The molecule has 0 heterocycles. The number of halogens is 1. The highest BCUT2D eigenvalue weighted by Crippen LogP contribution is 2.64. The molecule has 0 aliphatic heterocycles. The predicted molar refractivity (Wildman–Crippen MR) is 92.0 cm³/mol. The van der Waals surface area contributed by atoms with E-state index in [9.17, 15) is 4.79 Å². The van der Waals surface area contributed by atoms with E-state index in [4.69, 9.17) is 16.3 Å². The highest BCUT2D eigenvalue weighted by atomic mass is 35.5. The Balaban J connectivity index is 1.64. The lowest BCUT2D eigenvalue weighted by Gasteiger charge is -2.58. The van der Waals surface area contributed by atoms with E-state index in [0.717, 1.165) is 54.5 Å². The van der Waals surface area contributed by atoms with Crippen LogP contribution in [-0.4, -0.2) is 10.8 Å². The molecular weight excluding hydrogens is 308 g/mol. The Morgan fingerprint density at radius 2 is 1.70 bits per heavy atom. The molecule has 1 aromatic rings. The minimum atomic E-state index is -0.339. The lowest BCUT2D eigenvalue weighted by molar-refractivity contribution is -0.160. The molecule has 124 valence electrons. The predicted octanol–water partition coefficient (Wildman–Crippen LogP) is 5.10. The number of rotatable bonds is 2. The van der Waals surface area contributed by atoms with Gasteiger partial charge < -0.3 is 4.74 Å². The largest absolute Gasteiger partial charge is 0.426 e. The molecule has 4 aliphatic rings. The molecule has 2 nitrogen and oxygen atoms in total. The van der Waals surface area contributed by atoms with Crippen molar-refractivity contribution in [1.29, 1.82) is 0 Å². The molecule has 23 heavy (non-hydrogen) atoms. The number of ether oxygens (including phenoxy) is 1. The van der Waals surface area contributed by atoms with Crippen LogP contribution in [-0.2, 0) is 4.79 Å². The third-order valence-corrected chi connectivity index (χ3v) is 6.93. The topological polar surface area (TPSA) is 26.3 Å². The standard InChI is InChI=1S/C20H25ClO2/c1-12-4-5-13(2)17(14(12)3)23-18(22)19-7-15-6-16(8-19)10-20(21,9-15)11-19/h4-5,15-16H,6-11H2,1-3H3/t15-,16+,19?,20?. The fraction of sp³-hybridized carbons (Fsp3) is 0.650. The summed E-state index contributed by atoms with van der Waals surface area (Å²) in [7, 11) is 0. The van der Waals surface area contributed by atoms with E-state index < -0.39 is 0 Å². The second-order valence-electron chi connectivity index (χ2n) is 8.44. The van der Waals surface area contributed by atoms with Crippen molar-refractivity contribution in [2.24, 2.45) is 17.3 Å². The summed E-state index contributed by atoms with van der Waals surface area (Å²) in [5, 5.41) is 0. The van der Waals surface area contributed by atoms with E-state index in [1.165, 1.54) is 6.42 Å². The van der Waals surface area contributed by atoms with Gasteiger partial charge in [-0.25, -0.2) is 0 Å². The Hall–Kier alpha value is -1.02. The summed E-state index contributed by atoms with van der Waals surface area (Å²) in [6.45, 7) is 6.11. The summed E-state index contributed by atoms with van der Waals surface area (Å²) in [6, 6.07) is 4.12. The summed E-state index contributed by atoms with van der Waals surface area (Å²) < 4.78 is 5.99. The van der Waals surface area contributed by atoms with Gasteiger partial charge in [0.15, 0.2) is 0 Å². The van der Waals surface area contributed by atoms with E-state index in [2.05, 4.69) is 13.0 Å². The zero-order valence-corrected chi connectivity index (χ0v) is 15.0. The molecule has 5 rings (SSSR count). The summed E-state index contributed by atoms with van der Waals surface area (Å²) in [6.07, 6.45) is 6.18. The Kier molecular flexibility index (Phi) is 3.36. The van der Waals surface area contributed by atoms with Gasteiger partial charge in [0.25, 0.3) is 0 Å². The van der Waals surface area contributed by atoms with Gasteiger partial charge >= 0.3 is 5.97 Å². The van der Waals surface area contributed by atoms with E-state index in [-0.39, 0.29) is 16.3 Å². The number of carbonyl (C=O) groups excluding carboxylic acids is 1. The van der Waals surface area contributed by atoms with Crippen LogP contribution < -0.4 is 4.74 Å². The molecule has 0 aromatic heterocycles. The SMILES string of the molecule is Cc1ccc(C)c(OC(=O)C23C[C@@H]4C[C@@H](CC(Cl)(C4)C2)C3)c1C.